The number of imidazole rings is 1. The number of hydrogen-bond acceptors (Lipinski definition) is 5. The number of piperidine rings is 1. The van der Waals surface area contributed by atoms with Crippen molar-refractivity contribution >= 4 is 29.9 Å². The molecule has 1 fully saturated rings. The van der Waals surface area contributed by atoms with Crippen LogP contribution in [-0.2, 0) is 6.54 Å². The van der Waals surface area contributed by atoms with Gasteiger partial charge in [0.05, 0.1) is 33.7 Å². The summed E-state index contributed by atoms with van der Waals surface area (Å²) in [7, 11) is 6.67. The van der Waals surface area contributed by atoms with Crippen molar-refractivity contribution in [3.05, 3.63) is 36.4 Å². The molecule has 1 saturated heterocycles. The number of likely N-dealkylation sites (tertiary alicyclic amines) is 1. The molecule has 2 unspecified atom stereocenters. The molecule has 0 amide bonds. The van der Waals surface area contributed by atoms with Gasteiger partial charge in [0.15, 0.2) is 17.5 Å². The highest BCUT2D eigenvalue weighted by Crippen LogP contribution is 2.38. The first kappa shape index (κ1) is 24.1. The number of ether oxygens (including phenoxy) is 3. The first-order valence-corrected chi connectivity index (χ1v) is 9.83. The van der Waals surface area contributed by atoms with E-state index in [0.29, 0.717) is 35.8 Å². The number of halogens is 1. The molecule has 1 aliphatic heterocycles. The summed E-state index contributed by atoms with van der Waals surface area (Å²) in [5, 5.41) is 3.48. The van der Waals surface area contributed by atoms with Crippen LogP contribution >= 0.6 is 24.0 Å². The predicted molar refractivity (Wildman–Crippen MR) is 128 cm³/mol. The maximum Gasteiger partial charge on any atom is 0.203 e. The van der Waals surface area contributed by atoms with Crippen LogP contribution in [0.2, 0.25) is 0 Å². The number of aliphatic imine (C=N–C) groups is 1. The molecule has 3 rings (SSSR count). The number of nitrogens with one attached hydrogen (secondary N) is 1. The molecule has 0 radical (unpaired) electrons. The van der Waals surface area contributed by atoms with Gasteiger partial charge in [0.1, 0.15) is 0 Å². The van der Waals surface area contributed by atoms with Gasteiger partial charge in [0, 0.05) is 39.1 Å². The molecule has 166 valence electrons. The second-order valence-electron chi connectivity index (χ2n) is 7.22. The van der Waals surface area contributed by atoms with E-state index < -0.39 is 0 Å². The molecule has 0 bridgehead atoms. The topological polar surface area (TPSA) is 73.1 Å². The fourth-order valence-corrected chi connectivity index (χ4v) is 3.85. The molecule has 1 aromatic heterocycles. The van der Waals surface area contributed by atoms with E-state index in [4.69, 9.17) is 14.2 Å². The van der Waals surface area contributed by atoms with E-state index in [1.165, 1.54) is 0 Å². The number of nitrogens with zero attached hydrogens (tertiary/aromatic N) is 4. The van der Waals surface area contributed by atoms with Crippen LogP contribution in [0.15, 0.2) is 35.8 Å². The highest BCUT2D eigenvalue weighted by atomic mass is 127. The molecule has 2 atom stereocenters. The monoisotopic (exact) mass is 529 g/mol. The lowest BCUT2D eigenvalue weighted by atomic mass is 9.93. The fraction of sp³-hybridized carbons (Fsp3) is 0.524. The van der Waals surface area contributed by atoms with Crippen LogP contribution in [0, 0.1) is 5.92 Å². The number of guanidine groups is 1. The number of aromatic nitrogens is 2. The molecule has 0 saturated carbocycles. The maximum atomic E-state index is 5.45. The van der Waals surface area contributed by atoms with Gasteiger partial charge in [0.2, 0.25) is 5.75 Å². The molecule has 0 spiro atoms. The third-order valence-electron chi connectivity index (χ3n) is 5.51. The second kappa shape index (κ2) is 11.3. The summed E-state index contributed by atoms with van der Waals surface area (Å²) in [6.45, 7) is 4.77. The summed E-state index contributed by atoms with van der Waals surface area (Å²) in [6.07, 6.45) is 6.88. The van der Waals surface area contributed by atoms with Gasteiger partial charge in [-0.15, -0.1) is 24.0 Å². The van der Waals surface area contributed by atoms with Crippen molar-refractivity contribution in [2.75, 3.05) is 41.5 Å². The van der Waals surface area contributed by atoms with Crippen molar-refractivity contribution < 1.29 is 14.2 Å². The number of hydrogen-bond donors (Lipinski definition) is 1. The van der Waals surface area contributed by atoms with Crippen molar-refractivity contribution in [3.63, 3.8) is 0 Å². The summed E-state index contributed by atoms with van der Waals surface area (Å²) in [5.41, 5.74) is 1.03. The minimum absolute atomic E-state index is 0. The third-order valence-corrected chi connectivity index (χ3v) is 5.51. The molecular formula is C21H32IN5O3. The van der Waals surface area contributed by atoms with E-state index in [2.05, 4.69) is 31.7 Å². The van der Waals surface area contributed by atoms with Crippen LogP contribution in [0.3, 0.4) is 0 Å². The number of rotatable bonds is 6. The third kappa shape index (κ3) is 5.30. The minimum atomic E-state index is 0. The highest BCUT2D eigenvalue weighted by Gasteiger charge is 2.28. The summed E-state index contributed by atoms with van der Waals surface area (Å²) in [5.74, 6) is 3.36. The van der Waals surface area contributed by atoms with Crippen molar-refractivity contribution in [3.8, 4) is 17.2 Å². The van der Waals surface area contributed by atoms with Gasteiger partial charge in [0.25, 0.3) is 0 Å². The van der Waals surface area contributed by atoms with Gasteiger partial charge >= 0.3 is 0 Å². The SMILES string of the molecule is CN=C(NCc1cc(OC)c(OC)c(OC)c1)N1CCC(C)C(n2ccnc2)C1.I. The standard InChI is InChI=1S/C21H31N5O3.HI/c1-15-6-8-25(13-17(15)26-9-7-23-14-26)21(22-2)24-12-16-10-18(27-3)20(29-5)19(11-16)28-4;/h7,9-11,14-15,17H,6,8,12-13H2,1-5H3,(H,22,24);1H. The molecule has 8 nitrogen and oxygen atoms in total. The fourth-order valence-electron chi connectivity index (χ4n) is 3.85. The summed E-state index contributed by atoms with van der Waals surface area (Å²) >= 11 is 0. The Balaban J connectivity index is 0.00000320. The lowest BCUT2D eigenvalue weighted by Gasteiger charge is -2.39. The first-order chi connectivity index (χ1) is 14.1. The molecule has 30 heavy (non-hydrogen) atoms. The number of benzene rings is 1. The van der Waals surface area contributed by atoms with E-state index in [-0.39, 0.29) is 24.0 Å². The zero-order chi connectivity index (χ0) is 20.8. The van der Waals surface area contributed by atoms with Crippen LogP contribution < -0.4 is 19.5 Å². The maximum absolute atomic E-state index is 5.45. The molecule has 1 N–H and O–H groups in total. The molecule has 1 aliphatic rings. The van der Waals surface area contributed by atoms with Crippen LogP contribution in [0.25, 0.3) is 0 Å². The lowest BCUT2D eigenvalue weighted by molar-refractivity contribution is 0.189. The summed E-state index contributed by atoms with van der Waals surface area (Å²) in [6, 6.07) is 4.29. The molecule has 2 aromatic rings. The van der Waals surface area contributed by atoms with E-state index in [1.54, 1.807) is 21.3 Å². The van der Waals surface area contributed by atoms with Gasteiger partial charge in [-0.05, 0) is 30.0 Å². The zero-order valence-electron chi connectivity index (χ0n) is 18.3. The summed E-state index contributed by atoms with van der Waals surface area (Å²) < 4.78 is 18.5. The normalized spacial score (nSPS) is 19.1. The van der Waals surface area contributed by atoms with Crippen LogP contribution in [0.1, 0.15) is 24.9 Å². The van der Waals surface area contributed by atoms with Crippen molar-refractivity contribution in [1.29, 1.82) is 0 Å². The average molecular weight is 529 g/mol. The molecule has 9 heteroatoms. The minimum Gasteiger partial charge on any atom is -0.493 e. The lowest BCUT2D eigenvalue weighted by Crippen LogP contribution is -2.48. The Kier molecular flexibility index (Phi) is 9.07. The first-order valence-electron chi connectivity index (χ1n) is 9.83. The van der Waals surface area contributed by atoms with Crippen LogP contribution in [-0.4, -0.2) is 61.9 Å². The Labute approximate surface area is 195 Å². The Hall–Kier alpha value is -2.17. The zero-order valence-corrected chi connectivity index (χ0v) is 20.6. The Bertz CT molecular complexity index is 803. The molecular weight excluding hydrogens is 497 g/mol. The van der Waals surface area contributed by atoms with Crippen molar-refractivity contribution in [1.82, 2.24) is 19.8 Å². The number of methoxy groups -OCH3 is 3. The molecule has 1 aromatic carbocycles. The van der Waals surface area contributed by atoms with Gasteiger partial charge in [-0.1, -0.05) is 6.92 Å². The van der Waals surface area contributed by atoms with E-state index >= 15 is 0 Å². The van der Waals surface area contributed by atoms with E-state index in [1.807, 2.05) is 37.9 Å². The molecule has 0 aliphatic carbocycles. The van der Waals surface area contributed by atoms with Gasteiger partial charge < -0.3 is 29.0 Å². The predicted octanol–water partition coefficient (Wildman–Crippen LogP) is 3.19. The smallest absolute Gasteiger partial charge is 0.203 e. The Morgan fingerprint density at radius 1 is 1.20 bits per heavy atom. The van der Waals surface area contributed by atoms with Crippen molar-refractivity contribution in [2.45, 2.75) is 25.9 Å². The quantitative estimate of drug-likeness (QED) is 0.352. The van der Waals surface area contributed by atoms with E-state index in [9.17, 15) is 0 Å². The van der Waals surface area contributed by atoms with Gasteiger partial charge in [-0.25, -0.2) is 4.98 Å². The average Bonchev–Trinajstić information content (AvgIpc) is 3.28. The highest BCUT2D eigenvalue weighted by molar-refractivity contribution is 14.0. The largest absolute Gasteiger partial charge is 0.493 e. The van der Waals surface area contributed by atoms with E-state index in [0.717, 1.165) is 31.0 Å². The van der Waals surface area contributed by atoms with Crippen LogP contribution in [0.4, 0.5) is 0 Å². The van der Waals surface area contributed by atoms with Crippen molar-refractivity contribution in [2.24, 2.45) is 10.9 Å². The second-order valence-corrected chi connectivity index (χ2v) is 7.22. The molecule has 2 heterocycles. The Morgan fingerprint density at radius 2 is 1.90 bits per heavy atom. The van der Waals surface area contributed by atoms with Crippen LogP contribution in [0.5, 0.6) is 17.2 Å². The van der Waals surface area contributed by atoms with Gasteiger partial charge in [-0.2, -0.15) is 0 Å². The summed E-state index contributed by atoms with van der Waals surface area (Å²) in [4.78, 5) is 11.0. The van der Waals surface area contributed by atoms with Gasteiger partial charge in [-0.3, -0.25) is 4.99 Å². The Morgan fingerprint density at radius 3 is 2.43 bits per heavy atom.